The second-order valence-corrected chi connectivity index (χ2v) is 8.76. The second kappa shape index (κ2) is 8.85. The molecule has 2 aromatic carbocycles. The molecule has 0 aliphatic carbocycles. The maximum Gasteiger partial charge on any atom is 0.432 e. The number of aromatic nitrogens is 4. The molecule has 160 valence electrons. The molecule has 0 aliphatic heterocycles. The van der Waals surface area contributed by atoms with Crippen LogP contribution in [0.1, 0.15) is 18.5 Å². The van der Waals surface area contributed by atoms with Gasteiger partial charge in [0.15, 0.2) is 0 Å². The van der Waals surface area contributed by atoms with E-state index < -0.39 is 7.75 Å². The van der Waals surface area contributed by atoms with Gasteiger partial charge in [-0.1, -0.05) is 30.3 Å². The molecule has 10 heteroatoms. The minimum atomic E-state index is -3.39. The highest BCUT2D eigenvalue weighted by molar-refractivity contribution is 7.55. The number of hydrogen-bond acceptors (Lipinski definition) is 7. The molecule has 31 heavy (non-hydrogen) atoms. The van der Waals surface area contributed by atoms with Gasteiger partial charge in [0.05, 0.1) is 17.1 Å². The Kier molecular flexibility index (Phi) is 5.99. The molecular weight excluding hydrogens is 415 g/mol. The Balaban J connectivity index is 1.59. The summed E-state index contributed by atoms with van der Waals surface area (Å²) in [5, 5.41) is 6.10. The number of imidazole rings is 1. The number of hydrogen-bond donors (Lipinski definition) is 2. The van der Waals surface area contributed by atoms with Crippen molar-refractivity contribution in [2.75, 3.05) is 24.6 Å². The van der Waals surface area contributed by atoms with Crippen LogP contribution in [0.2, 0.25) is 0 Å². The molecule has 2 heterocycles. The summed E-state index contributed by atoms with van der Waals surface area (Å²) >= 11 is 0. The SMILES string of the molecule is COP(=O)(Nc1ccc2c(c1)ncn2-c1ccnc(N[C@@H](C)c2ccccc2)n1)OC. The van der Waals surface area contributed by atoms with Crippen molar-refractivity contribution in [3.05, 3.63) is 72.7 Å². The van der Waals surface area contributed by atoms with Gasteiger partial charge in [0, 0.05) is 26.1 Å². The van der Waals surface area contributed by atoms with Crippen LogP contribution in [0, 0.1) is 0 Å². The minimum Gasteiger partial charge on any atom is -0.348 e. The number of anilines is 2. The Hall–Kier alpha value is -3.26. The van der Waals surface area contributed by atoms with Crippen molar-refractivity contribution in [3.8, 4) is 5.82 Å². The lowest BCUT2D eigenvalue weighted by Crippen LogP contribution is -2.10. The average Bonchev–Trinajstić information content (AvgIpc) is 3.23. The van der Waals surface area contributed by atoms with Crippen LogP contribution in [0.15, 0.2) is 67.1 Å². The fraction of sp³-hybridized carbons (Fsp3) is 0.190. The summed E-state index contributed by atoms with van der Waals surface area (Å²) in [5.41, 5.74) is 3.27. The molecular formula is C21H23N6O3P. The number of fused-ring (bicyclic) bond motifs is 1. The van der Waals surface area contributed by atoms with E-state index in [1.165, 1.54) is 14.2 Å². The van der Waals surface area contributed by atoms with Crippen molar-refractivity contribution < 1.29 is 13.6 Å². The van der Waals surface area contributed by atoms with E-state index in [0.29, 0.717) is 23.0 Å². The Labute approximate surface area is 180 Å². The smallest absolute Gasteiger partial charge is 0.348 e. The molecule has 9 nitrogen and oxygen atoms in total. The first kappa shape index (κ1) is 21.0. The van der Waals surface area contributed by atoms with Gasteiger partial charge in [-0.3, -0.25) is 18.7 Å². The van der Waals surface area contributed by atoms with Gasteiger partial charge < -0.3 is 5.32 Å². The van der Waals surface area contributed by atoms with Gasteiger partial charge in [-0.05, 0) is 36.8 Å². The molecule has 0 saturated carbocycles. The lowest BCUT2D eigenvalue weighted by atomic mass is 10.1. The second-order valence-electron chi connectivity index (χ2n) is 6.81. The van der Waals surface area contributed by atoms with Gasteiger partial charge in [0.1, 0.15) is 12.1 Å². The van der Waals surface area contributed by atoms with Crippen molar-refractivity contribution >= 4 is 30.4 Å². The van der Waals surface area contributed by atoms with Crippen molar-refractivity contribution in [2.24, 2.45) is 0 Å². The Morgan fingerprint density at radius 2 is 1.81 bits per heavy atom. The number of nitrogens with zero attached hydrogens (tertiary/aromatic N) is 4. The van der Waals surface area contributed by atoms with E-state index in [9.17, 15) is 4.57 Å². The van der Waals surface area contributed by atoms with Gasteiger partial charge in [0.2, 0.25) is 5.95 Å². The first-order chi connectivity index (χ1) is 15.0. The lowest BCUT2D eigenvalue weighted by molar-refractivity contribution is 0.281. The van der Waals surface area contributed by atoms with E-state index in [4.69, 9.17) is 9.05 Å². The average molecular weight is 438 g/mol. The van der Waals surface area contributed by atoms with Gasteiger partial charge in [-0.2, -0.15) is 4.98 Å². The summed E-state index contributed by atoms with van der Waals surface area (Å²) in [6.07, 6.45) is 3.39. The summed E-state index contributed by atoms with van der Waals surface area (Å²) < 4.78 is 24.0. The van der Waals surface area contributed by atoms with Crippen molar-refractivity contribution in [1.29, 1.82) is 0 Å². The number of benzene rings is 2. The third-order valence-electron chi connectivity index (χ3n) is 4.83. The molecule has 0 fully saturated rings. The van der Waals surface area contributed by atoms with Gasteiger partial charge in [-0.25, -0.2) is 14.5 Å². The van der Waals surface area contributed by atoms with Crippen LogP contribution in [-0.2, 0) is 13.6 Å². The van der Waals surface area contributed by atoms with E-state index in [1.807, 2.05) is 34.9 Å². The first-order valence-electron chi connectivity index (χ1n) is 9.63. The molecule has 0 unspecified atom stereocenters. The van der Waals surface area contributed by atoms with Crippen molar-refractivity contribution in [2.45, 2.75) is 13.0 Å². The lowest BCUT2D eigenvalue weighted by Gasteiger charge is -2.15. The van der Waals surface area contributed by atoms with Crippen LogP contribution in [0.3, 0.4) is 0 Å². The third kappa shape index (κ3) is 4.59. The molecule has 0 saturated heterocycles. The van der Waals surface area contributed by atoms with Gasteiger partial charge in [-0.15, -0.1) is 0 Å². The molecule has 4 aromatic rings. The van der Waals surface area contributed by atoms with E-state index in [1.54, 1.807) is 24.7 Å². The fourth-order valence-corrected chi connectivity index (χ4v) is 3.95. The third-order valence-corrected chi connectivity index (χ3v) is 6.32. The Morgan fingerprint density at radius 3 is 2.55 bits per heavy atom. The molecule has 2 aromatic heterocycles. The normalized spacial score (nSPS) is 12.6. The van der Waals surface area contributed by atoms with Gasteiger partial charge in [0.25, 0.3) is 0 Å². The topological polar surface area (TPSA) is 103 Å². The van der Waals surface area contributed by atoms with Crippen LogP contribution < -0.4 is 10.4 Å². The van der Waals surface area contributed by atoms with Crippen LogP contribution in [0.4, 0.5) is 11.6 Å². The maximum atomic E-state index is 12.3. The highest BCUT2D eigenvalue weighted by atomic mass is 31.2. The predicted octanol–water partition coefficient (Wildman–Crippen LogP) is 4.80. The van der Waals surface area contributed by atoms with Gasteiger partial charge >= 0.3 is 7.75 Å². The first-order valence-corrected chi connectivity index (χ1v) is 11.2. The summed E-state index contributed by atoms with van der Waals surface area (Å²) in [5.74, 6) is 1.20. The Morgan fingerprint density at radius 1 is 1.03 bits per heavy atom. The fourth-order valence-electron chi connectivity index (χ4n) is 3.16. The van der Waals surface area contributed by atoms with Crippen LogP contribution in [0.5, 0.6) is 0 Å². The van der Waals surface area contributed by atoms with E-state index in [2.05, 4.69) is 44.4 Å². The molecule has 0 bridgehead atoms. The zero-order valence-electron chi connectivity index (χ0n) is 17.4. The van der Waals surface area contributed by atoms with E-state index >= 15 is 0 Å². The van der Waals surface area contributed by atoms with E-state index in [0.717, 1.165) is 11.1 Å². The Bertz CT molecular complexity index is 1220. The summed E-state index contributed by atoms with van der Waals surface area (Å²) in [6, 6.07) is 17.4. The van der Waals surface area contributed by atoms with E-state index in [-0.39, 0.29) is 6.04 Å². The molecule has 0 radical (unpaired) electrons. The molecule has 4 rings (SSSR count). The molecule has 0 spiro atoms. The highest BCUT2D eigenvalue weighted by Gasteiger charge is 2.21. The molecule has 0 aliphatic rings. The molecule has 2 N–H and O–H groups in total. The summed E-state index contributed by atoms with van der Waals surface area (Å²) in [6.45, 7) is 2.06. The van der Waals surface area contributed by atoms with Crippen LogP contribution in [0.25, 0.3) is 16.9 Å². The minimum absolute atomic E-state index is 0.0573. The van der Waals surface area contributed by atoms with Crippen molar-refractivity contribution in [3.63, 3.8) is 0 Å². The zero-order chi connectivity index (χ0) is 21.8. The zero-order valence-corrected chi connectivity index (χ0v) is 18.3. The predicted molar refractivity (Wildman–Crippen MR) is 120 cm³/mol. The van der Waals surface area contributed by atoms with Crippen molar-refractivity contribution in [1.82, 2.24) is 19.5 Å². The summed E-state index contributed by atoms with van der Waals surface area (Å²) in [4.78, 5) is 13.4. The van der Waals surface area contributed by atoms with Crippen LogP contribution >= 0.6 is 7.75 Å². The standard InChI is InChI=1S/C21H23N6O3P/c1-15(16-7-5-4-6-8-16)24-21-22-12-11-20(25-21)27-14-23-18-13-17(9-10-19(18)27)26-31(28,29-2)30-3/h4-15H,1-3H3,(H,26,28)(H,22,24,25)/t15-/m0/s1. The largest absolute Gasteiger partial charge is 0.432 e. The highest BCUT2D eigenvalue weighted by Crippen LogP contribution is 2.46. The molecule has 0 amide bonds. The monoisotopic (exact) mass is 438 g/mol. The summed E-state index contributed by atoms with van der Waals surface area (Å²) in [7, 11) is -0.745. The quantitative estimate of drug-likeness (QED) is 0.378. The van der Waals surface area contributed by atoms with Crippen LogP contribution in [-0.4, -0.2) is 33.7 Å². The maximum absolute atomic E-state index is 12.3. The molecule has 1 atom stereocenters. The number of rotatable bonds is 8. The number of nitrogens with one attached hydrogen (secondary N) is 2.